The number of non-ortho nitro benzene ring substituents is 1. The van der Waals surface area contributed by atoms with Gasteiger partial charge in [-0.3, -0.25) is 24.5 Å². The van der Waals surface area contributed by atoms with Gasteiger partial charge in [-0.15, -0.1) is 0 Å². The molecular formula is C46H49N5O8Si. The van der Waals surface area contributed by atoms with Crippen LogP contribution in [0.25, 0.3) is 0 Å². The van der Waals surface area contributed by atoms with Crippen LogP contribution in [0, 0.1) is 16.0 Å². The summed E-state index contributed by atoms with van der Waals surface area (Å²) in [6.07, 6.45) is -0.828. The van der Waals surface area contributed by atoms with Gasteiger partial charge in [0.05, 0.1) is 51.5 Å². The zero-order valence-electron chi connectivity index (χ0n) is 34.0. The Kier molecular flexibility index (Phi) is 11.9. The summed E-state index contributed by atoms with van der Waals surface area (Å²) in [6, 6.07) is 35.5. The van der Waals surface area contributed by atoms with Gasteiger partial charge in [0, 0.05) is 53.6 Å². The van der Waals surface area contributed by atoms with E-state index in [-0.39, 0.29) is 61.6 Å². The number of nitrogen functional groups attached to an aromatic ring is 1. The maximum absolute atomic E-state index is 15.3. The third-order valence-electron chi connectivity index (χ3n) is 12.1. The molecule has 2 aliphatic rings. The minimum Gasteiger partial charge on any atom is -0.497 e. The number of nitrogens with zero attached hydrogens (tertiary/aromatic N) is 3. The van der Waals surface area contributed by atoms with Crippen LogP contribution in [-0.4, -0.2) is 67.1 Å². The number of nitrogens with two attached hydrogens (primary N) is 1. The average Bonchev–Trinajstić information content (AvgIpc) is 3.67. The van der Waals surface area contributed by atoms with Crippen molar-refractivity contribution in [3.63, 3.8) is 0 Å². The summed E-state index contributed by atoms with van der Waals surface area (Å²) in [5.74, 6) is -0.739. The van der Waals surface area contributed by atoms with Crippen LogP contribution in [0.15, 0.2) is 121 Å². The molecule has 0 aliphatic carbocycles. The van der Waals surface area contributed by atoms with E-state index in [1.807, 2.05) is 73.7 Å². The van der Waals surface area contributed by atoms with E-state index < -0.39 is 30.6 Å². The van der Waals surface area contributed by atoms with Crippen molar-refractivity contribution < 1.29 is 33.9 Å². The molecular weight excluding hydrogens is 779 g/mol. The first-order valence-corrected chi connectivity index (χ1v) is 23.0. The van der Waals surface area contributed by atoms with E-state index in [9.17, 15) is 24.8 Å². The first kappa shape index (κ1) is 41.8. The number of nitrogens with one attached hydrogen (secondary N) is 1. The normalized spacial score (nSPS) is 19.6. The fourth-order valence-corrected chi connectivity index (χ4v) is 13.0. The molecule has 0 radical (unpaired) electrons. The van der Waals surface area contributed by atoms with Crippen molar-refractivity contribution in [2.45, 2.75) is 56.8 Å². The molecule has 1 spiro atoms. The highest BCUT2D eigenvalue weighted by Gasteiger charge is 2.66. The number of aliphatic hydroxyl groups excluding tert-OH is 1. The van der Waals surface area contributed by atoms with E-state index >= 15 is 4.79 Å². The number of ether oxygens (including phenoxy) is 2. The monoisotopic (exact) mass is 827 g/mol. The number of benzene rings is 5. The molecule has 5 aromatic carbocycles. The maximum atomic E-state index is 15.3. The minimum absolute atomic E-state index is 0.0722. The zero-order chi connectivity index (χ0) is 42.8. The number of carbonyl (C=O) groups excluding carboxylic acids is 3. The van der Waals surface area contributed by atoms with Crippen LogP contribution >= 0.6 is 0 Å². The lowest BCUT2D eigenvalue weighted by Crippen LogP contribution is -2.52. The van der Waals surface area contributed by atoms with Crippen LogP contribution < -0.4 is 25.9 Å². The third kappa shape index (κ3) is 8.00. The number of hydrogen-bond donors (Lipinski definition) is 3. The molecule has 2 heterocycles. The standard InChI is InChI=1S/C46H49N5O8Si/c1-30-43(60(3,4)38-21-19-37(58-2)20-22-38)41(27-42(53)49(24-25-52)28-31-8-6-5-7-9-31)59-46(30)39-26-36(51(56)57)18-23-40(39)50(45(46)55)29-32-10-16-35(17-11-32)48-44(54)33-12-14-34(47)15-13-33/h5-23,26,30,41,43,52H,24-25,27-29,47H2,1-4H3,(H,48,54)/t30-,41+,43-,46+/m0/s1. The Balaban J connectivity index is 1.25. The molecule has 1 fully saturated rings. The van der Waals surface area contributed by atoms with Gasteiger partial charge >= 0.3 is 0 Å². The smallest absolute Gasteiger partial charge is 0.269 e. The van der Waals surface area contributed by atoms with Crippen molar-refractivity contribution in [3.8, 4) is 5.75 Å². The quantitative estimate of drug-likeness (QED) is 0.0481. The van der Waals surface area contributed by atoms with Crippen molar-refractivity contribution in [2.75, 3.05) is 36.2 Å². The van der Waals surface area contributed by atoms with Crippen molar-refractivity contribution in [2.24, 2.45) is 5.92 Å². The number of rotatable bonds is 14. The number of fused-ring (bicyclic) bond motifs is 2. The second-order valence-corrected chi connectivity index (χ2v) is 20.7. The second kappa shape index (κ2) is 17.1. The first-order chi connectivity index (χ1) is 28.8. The van der Waals surface area contributed by atoms with Crippen molar-refractivity contribution >= 4 is 53.7 Å². The highest BCUT2D eigenvalue weighted by molar-refractivity contribution is 6.91. The molecule has 4 atom stereocenters. The third-order valence-corrected chi connectivity index (χ3v) is 16.4. The van der Waals surface area contributed by atoms with Crippen LogP contribution in [0.4, 0.5) is 22.7 Å². The number of nitro benzene ring substituents is 1. The lowest BCUT2D eigenvalue weighted by Gasteiger charge is -2.37. The summed E-state index contributed by atoms with van der Waals surface area (Å²) in [4.78, 5) is 57.6. The van der Waals surface area contributed by atoms with Crippen molar-refractivity contribution in [1.82, 2.24) is 4.90 Å². The van der Waals surface area contributed by atoms with Gasteiger partial charge in [0.1, 0.15) is 5.75 Å². The van der Waals surface area contributed by atoms with Gasteiger partial charge in [0.15, 0.2) is 5.60 Å². The van der Waals surface area contributed by atoms with Gasteiger partial charge in [-0.25, -0.2) is 0 Å². The Bertz CT molecular complexity index is 2380. The maximum Gasteiger partial charge on any atom is 0.269 e. The van der Waals surface area contributed by atoms with E-state index in [0.717, 1.165) is 16.3 Å². The summed E-state index contributed by atoms with van der Waals surface area (Å²) in [5.41, 5.74) is 7.70. The summed E-state index contributed by atoms with van der Waals surface area (Å²) < 4.78 is 12.6. The van der Waals surface area contributed by atoms with Crippen LogP contribution in [-0.2, 0) is 33.0 Å². The van der Waals surface area contributed by atoms with Crippen LogP contribution in [0.2, 0.25) is 18.6 Å². The van der Waals surface area contributed by atoms with Crippen LogP contribution in [0.5, 0.6) is 5.75 Å². The predicted molar refractivity (Wildman–Crippen MR) is 233 cm³/mol. The summed E-state index contributed by atoms with van der Waals surface area (Å²) >= 11 is 0. The number of amides is 3. The molecule has 1 saturated heterocycles. The number of methoxy groups -OCH3 is 1. The Hall–Kier alpha value is -6.35. The highest BCUT2D eigenvalue weighted by atomic mass is 28.3. The molecule has 14 heteroatoms. The van der Waals surface area contributed by atoms with E-state index in [1.54, 1.807) is 59.4 Å². The molecule has 2 aliphatic heterocycles. The fourth-order valence-electron chi connectivity index (χ4n) is 9.00. The number of nitro groups is 1. The zero-order valence-corrected chi connectivity index (χ0v) is 35.0. The molecule has 60 heavy (non-hydrogen) atoms. The SMILES string of the molecule is COc1ccc([Si](C)(C)[C@@H]2[C@@H](CC(=O)N(CCO)Cc3ccccc3)O[C@]3(C(=O)N(Cc4ccc(NC(=O)c5ccc(N)cc5)cc4)c4ccc([N+](=O)[O-])cc43)[C@H]2C)cc1. The summed E-state index contributed by atoms with van der Waals surface area (Å²) in [7, 11) is -1.07. The molecule has 4 N–H and O–H groups in total. The molecule has 0 saturated carbocycles. The largest absolute Gasteiger partial charge is 0.497 e. The minimum atomic E-state index is -2.67. The van der Waals surface area contributed by atoms with Gasteiger partial charge in [-0.1, -0.05) is 79.8 Å². The highest BCUT2D eigenvalue weighted by Crippen LogP contribution is 2.60. The number of hydrogen-bond acceptors (Lipinski definition) is 9. The summed E-state index contributed by atoms with van der Waals surface area (Å²) in [5, 5.41) is 26.2. The lowest BCUT2D eigenvalue weighted by molar-refractivity contribution is -0.385. The van der Waals surface area contributed by atoms with Gasteiger partial charge < -0.3 is 35.4 Å². The van der Waals surface area contributed by atoms with Gasteiger partial charge in [0.25, 0.3) is 17.5 Å². The van der Waals surface area contributed by atoms with E-state index in [4.69, 9.17) is 15.2 Å². The molecule has 3 amide bonds. The first-order valence-electron chi connectivity index (χ1n) is 19.9. The van der Waals surface area contributed by atoms with Gasteiger partial charge in [-0.05, 0) is 71.3 Å². The molecule has 0 aromatic heterocycles. The van der Waals surface area contributed by atoms with E-state index in [0.29, 0.717) is 33.9 Å². The van der Waals surface area contributed by atoms with Crippen molar-refractivity contribution in [3.05, 3.63) is 154 Å². The van der Waals surface area contributed by atoms with Crippen LogP contribution in [0.1, 0.15) is 40.4 Å². The Morgan fingerprint density at radius 2 is 1.65 bits per heavy atom. The molecule has 0 unspecified atom stereocenters. The average molecular weight is 828 g/mol. The molecule has 7 rings (SSSR count). The Morgan fingerprint density at radius 3 is 2.28 bits per heavy atom. The Labute approximate surface area is 349 Å². The topological polar surface area (TPSA) is 178 Å². The number of anilines is 3. The molecule has 13 nitrogen and oxygen atoms in total. The fraction of sp³-hybridized carbons (Fsp3) is 0.283. The predicted octanol–water partition coefficient (Wildman–Crippen LogP) is 6.61. The molecule has 5 aromatic rings. The summed E-state index contributed by atoms with van der Waals surface area (Å²) in [6.45, 7) is 6.63. The van der Waals surface area contributed by atoms with Gasteiger partial charge in [0.2, 0.25) is 5.91 Å². The molecule has 310 valence electrons. The number of aliphatic hydroxyl groups is 1. The van der Waals surface area contributed by atoms with Crippen LogP contribution in [0.3, 0.4) is 0 Å². The Morgan fingerprint density at radius 1 is 0.967 bits per heavy atom. The molecule has 0 bridgehead atoms. The van der Waals surface area contributed by atoms with Crippen molar-refractivity contribution in [1.29, 1.82) is 0 Å². The lowest BCUT2D eigenvalue weighted by atomic mass is 9.82. The number of carbonyl (C=O) groups is 3. The second-order valence-electron chi connectivity index (χ2n) is 16.0. The van der Waals surface area contributed by atoms with Gasteiger partial charge in [-0.2, -0.15) is 0 Å². The van der Waals surface area contributed by atoms with E-state index in [1.165, 1.54) is 12.1 Å². The van der Waals surface area contributed by atoms with E-state index in [2.05, 4.69) is 18.4 Å².